The first-order valence-corrected chi connectivity index (χ1v) is 9.92. The molecule has 0 radical (unpaired) electrons. The van der Waals surface area contributed by atoms with Crippen molar-refractivity contribution in [3.05, 3.63) is 52.9 Å². The molecule has 2 aromatic rings. The number of carbonyl (C=O) groups excluding carboxylic acids is 1. The van der Waals surface area contributed by atoms with Crippen LogP contribution in [-0.4, -0.2) is 43.4 Å². The highest BCUT2D eigenvalue weighted by molar-refractivity contribution is 7.89. The number of aliphatic hydroxyl groups is 1. The molecule has 142 valence electrons. The van der Waals surface area contributed by atoms with Gasteiger partial charge >= 0.3 is 0 Å². The highest BCUT2D eigenvalue weighted by atomic mass is 35.5. The summed E-state index contributed by atoms with van der Waals surface area (Å²) in [6, 6.07) is 7.19. The summed E-state index contributed by atoms with van der Waals surface area (Å²) < 4.78 is 31.6. The Morgan fingerprint density at radius 1 is 1.31 bits per heavy atom. The molecule has 0 aliphatic rings. The Morgan fingerprint density at radius 2 is 2.00 bits per heavy atom. The standard InChI is InChI=1S/C17H21ClN2O5S/c1-3-20(4-2)26(23,24)12-7-8-14(18)13(10-12)17(22)19-11-15(21)16-6-5-9-25-16/h5-10,15,21H,3-4,11H2,1-2H3,(H,19,22)/t15-/m0/s1. The van der Waals surface area contributed by atoms with E-state index in [4.69, 9.17) is 16.0 Å². The molecule has 2 rings (SSSR count). The molecular formula is C17H21ClN2O5S. The maximum Gasteiger partial charge on any atom is 0.252 e. The van der Waals surface area contributed by atoms with Crippen molar-refractivity contribution >= 4 is 27.5 Å². The Morgan fingerprint density at radius 3 is 2.58 bits per heavy atom. The van der Waals surface area contributed by atoms with E-state index in [-0.39, 0.29) is 22.0 Å². The van der Waals surface area contributed by atoms with Gasteiger partial charge < -0.3 is 14.8 Å². The van der Waals surface area contributed by atoms with Crippen LogP contribution in [0.2, 0.25) is 5.02 Å². The van der Waals surface area contributed by atoms with Crippen LogP contribution >= 0.6 is 11.6 Å². The average molecular weight is 401 g/mol. The number of carbonyl (C=O) groups is 1. The van der Waals surface area contributed by atoms with Crippen LogP contribution in [-0.2, 0) is 10.0 Å². The first kappa shape index (κ1) is 20.4. The van der Waals surface area contributed by atoms with Crippen LogP contribution in [0.5, 0.6) is 0 Å². The SMILES string of the molecule is CCN(CC)S(=O)(=O)c1ccc(Cl)c(C(=O)NC[C@H](O)c2ccco2)c1. The van der Waals surface area contributed by atoms with E-state index in [1.165, 1.54) is 28.8 Å². The maximum absolute atomic E-state index is 12.6. The van der Waals surface area contributed by atoms with Crippen LogP contribution in [0.15, 0.2) is 45.9 Å². The number of benzene rings is 1. The smallest absolute Gasteiger partial charge is 0.252 e. The summed E-state index contributed by atoms with van der Waals surface area (Å²) in [5, 5.41) is 12.6. The van der Waals surface area contributed by atoms with Crippen LogP contribution in [0.1, 0.15) is 36.1 Å². The molecule has 1 aromatic carbocycles. The van der Waals surface area contributed by atoms with Gasteiger partial charge in [0, 0.05) is 13.1 Å². The number of rotatable bonds is 8. The maximum atomic E-state index is 12.6. The number of hydrogen-bond acceptors (Lipinski definition) is 5. The molecule has 0 aliphatic heterocycles. The Labute approximate surface area is 157 Å². The minimum absolute atomic E-state index is 0.0117. The molecule has 1 heterocycles. The van der Waals surface area contributed by atoms with Crippen molar-refractivity contribution < 1.29 is 22.7 Å². The largest absolute Gasteiger partial charge is 0.467 e. The number of hydrogen-bond donors (Lipinski definition) is 2. The van der Waals surface area contributed by atoms with Gasteiger partial charge in [0.1, 0.15) is 11.9 Å². The fraction of sp³-hybridized carbons (Fsp3) is 0.353. The summed E-state index contributed by atoms with van der Waals surface area (Å²) in [5.74, 6) is -0.272. The van der Waals surface area contributed by atoms with Gasteiger partial charge in [-0.15, -0.1) is 0 Å². The fourth-order valence-corrected chi connectivity index (χ4v) is 4.11. The molecule has 7 nitrogen and oxygen atoms in total. The summed E-state index contributed by atoms with van der Waals surface area (Å²) in [5.41, 5.74) is 0.0199. The van der Waals surface area contributed by atoms with Crippen molar-refractivity contribution in [1.29, 1.82) is 0 Å². The molecule has 26 heavy (non-hydrogen) atoms. The summed E-state index contributed by atoms with van der Waals surface area (Å²) in [7, 11) is -3.71. The summed E-state index contributed by atoms with van der Waals surface area (Å²) in [4.78, 5) is 12.4. The number of nitrogens with zero attached hydrogens (tertiary/aromatic N) is 1. The molecule has 0 saturated carbocycles. The van der Waals surface area contributed by atoms with Crippen LogP contribution in [0.3, 0.4) is 0 Å². The fourth-order valence-electron chi connectivity index (χ4n) is 2.42. The molecule has 1 aromatic heterocycles. The second kappa shape index (κ2) is 8.68. The monoisotopic (exact) mass is 400 g/mol. The molecular weight excluding hydrogens is 380 g/mol. The zero-order valence-electron chi connectivity index (χ0n) is 14.5. The molecule has 1 amide bonds. The van der Waals surface area contributed by atoms with E-state index in [0.29, 0.717) is 18.8 Å². The Balaban J connectivity index is 2.20. The lowest BCUT2D eigenvalue weighted by molar-refractivity contribution is 0.0901. The Hall–Kier alpha value is -1.87. The van der Waals surface area contributed by atoms with Crippen molar-refractivity contribution in [3.8, 4) is 0 Å². The highest BCUT2D eigenvalue weighted by Gasteiger charge is 2.24. The molecule has 0 saturated heterocycles. The second-order valence-corrected chi connectivity index (χ2v) is 7.82. The van der Waals surface area contributed by atoms with Gasteiger partial charge in [0.05, 0.1) is 28.3 Å². The number of nitrogens with one attached hydrogen (secondary N) is 1. The van der Waals surface area contributed by atoms with Gasteiger partial charge in [-0.2, -0.15) is 4.31 Å². The van der Waals surface area contributed by atoms with Crippen molar-refractivity contribution in [3.63, 3.8) is 0 Å². The van der Waals surface area contributed by atoms with Gasteiger partial charge in [0.15, 0.2) is 0 Å². The van der Waals surface area contributed by atoms with E-state index in [1.54, 1.807) is 26.0 Å². The number of halogens is 1. The number of furan rings is 1. The molecule has 1 atom stereocenters. The van der Waals surface area contributed by atoms with E-state index in [9.17, 15) is 18.3 Å². The lowest BCUT2D eigenvalue weighted by Gasteiger charge is -2.19. The van der Waals surface area contributed by atoms with E-state index in [1.807, 2.05) is 0 Å². The minimum atomic E-state index is -3.71. The molecule has 0 aliphatic carbocycles. The van der Waals surface area contributed by atoms with Crippen molar-refractivity contribution in [1.82, 2.24) is 9.62 Å². The topological polar surface area (TPSA) is 99.9 Å². The zero-order chi connectivity index (χ0) is 19.3. The van der Waals surface area contributed by atoms with Gasteiger partial charge in [-0.05, 0) is 30.3 Å². The van der Waals surface area contributed by atoms with Gasteiger partial charge in [0.25, 0.3) is 5.91 Å². The van der Waals surface area contributed by atoms with Crippen molar-refractivity contribution in [2.75, 3.05) is 19.6 Å². The first-order valence-electron chi connectivity index (χ1n) is 8.10. The van der Waals surface area contributed by atoms with E-state index < -0.39 is 22.0 Å². The molecule has 2 N–H and O–H groups in total. The number of aliphatic hydroxyl groups excluding tert-OH is 1. The van der Waals surface area contributed by atoms with Gasteiger partial charge in [0.2, 0.25) is 10.0 Å². The number of amides is 1. The van der Waals surface area contributed by atoms with Crippen molar-refractivity contribution in [2.24, 2.45) is 0 Å². The normalized spacial score (nSPS) is 13.0. The van der Waals surface area contributed by atoms with Crippen LogP contribution in [0, 0.1) is 0 Å². The summed E-state index contributed by atoms with van der Waals surface area (Å²) in [6.07, 6.45) is 0.397. The van der Waals surface area contributed by atoms with Crippen LogP contribution in [0.4, 0.5) is 0 Å². The third-order valence-electron chi connectivity index (χ3n) is 3.85. The first-order chi connectivity index (χ1) is 12.3. The van der Waals surface area contributed by atoms with Gasteiger partial charge in [-0.25, -0.2) is 8.42 Å². The molecule has 0 fully saturated rings. The average Bonchev–Trinajstić information content (AvgIpc) is 3.15. The van der Waals surface area contributed by atoms with E-state index >= 15 is 0 Å². The van der Waals surface area contributed by atoms with Gasteiger partial charge in [-0.3, -0.25) is 4.79 Å². The molecule has 0 bridgehead atoms. The van der Waals surface area contributed by atoms with Crippen molar-refractivity contribution in [2.45, 2.75) is 24.8 Å². The van der Waals surface area contributed by atoms with Gasteiger partial charge in [-0.1, -0.05) is 25.4 Å². The molecule has 0 unspecified atom stereocenters. The van der Waals surface area contributed by atoms with Crippen LogP contribution < -0.4 is 5.32 Å². The predicted molar refractivity (Wildman–Crippen MR) is 97.6 cm³/mol. The minimum Gasteiger partial charge on any atom is -0.467 e. The Kier molecular flexibility index (Phi) is 6.82. The zero-order valence-corrected chi connectivity index (χ0v) is 16.0. The lowest BCUT2D eigenvalue weighted by atomic mass is 10.2. The quantitative estimate of drug-likeness (QED) is 0.708. The predicted octanol–water partition coefficient (Wildman–Crippen LogP) is 2.43. The lowest BCUT2D eigenvalue weighted by Crippen LogP contribution is -2.31. The highest BCUT2D eigenvalue weighted by Crippen LogP contribution is 2.23. The second-order valence-electron chi connectivity index (χ2n) is 5.47. The molecule has 9 heteroatoms. The van der Waals surface area contributed by atoms with E-state index in [0.717, 1.165) is 0 Å². The third-order valence-corrected chi connectivity index (χ3v) is 6.23. The van der Waals surface area contributed by atoms with Crippen LogP contribution in [0.25, 0.3) is 0 Å². The summed E-state index contributed by atoms with van der Waals surface area (Å²) >= 11 is 6.05. The van der Waals surface area contributed by atoms with E-state index in [2.05, 4.69) is 5.32 Å². The Bertz CT molecular complexity index is 848. The molecule has 0 spiro atoms. The third kappa shape index (κ3) is 4.45. The number of sulfonamides is 1. The summed E-state index contributed by atoms with van der Waals surface area (Å²) in [6.45, 7) is 4.01.